The van der Waals surface area contributed by atoms with Crippen LogP contribution in [-0.4, -0.2) is 11.5 Å². The Bertz CT molecular complexity index is 774. The molecular formula is C17H14Cl2F3NO2. The van der Waals surface area contributed by atoms with Crippen LogP contribution in [0.1, 0.15) is 19.4 Å². The standard InChI is InChI=1S/C17H14Cl2F3NO2/c1-16(2,25-12-7-8-13(18)14(19)9-12)15(24)23-11-5-3-10(4-6-11)17(20,21)22/h3-9H,1-2H3,(H,23,24). The topological polar surface area (TPSA) is 38.3 Å². The lowest BCUT2D eigenvalue weighted by molar-refractivity contribution is -0.137. The number of anilines is 1. The fourth-order valence-corrected chi connectivity index (χ4v) is 2.19. The number of hydrogen-bond acceptors (Lipinski definition) is 2. The highest BCUT2D eigenvalue weighted by Crippen LogP contribution is 2.31. The molecule has 0 saturated heterocycles. The van der Waals surface area contributed by atoms with Gasteiger partial charge in [0, 0.05) is 11.8 Å². The first-order valence-electron chi connectivity index (χ1n) is 7.12. The van der Waals surface area contributed by atoms with Crippen molar-refractivity contribution in [2.75, 3.05) is 5.32 Å². The highest BCUT2D eigenvalue weighted by Gasteiger charge is 2.32. The minimum Gasteiger partial charge on any atom is -0.478 e. The minimum atomic E-state index is -4.43. The number of carbonyl (C=O) groups is 1. The third kappa shape index (κ3) is 5.03. The van der Waals surface area contributed by atoms with E-state index in [0.29, 0.717) is 10.8 Å². The van der Waals surface area contributed by atoms with E-state index in [4.69, 9.17) is 27.9 Å². The monoisotopic (exact) mass is 391 g/mol. The summed E-state index contributed by atoms with van der Waals surface area (Å²) in [5, 5.41) is 3.14. The predicted octanol–water partition coefficient (Wildman–Crippen LogP) is 5.81. The average Bonchev–Trinajstić information content (AvgIpc) is 2.50. The molecule has 134 valence electrons. The van der Waals surface area contributed by atoms with Crippen molar-refractivity contribution in [2.45, 2.75) is 25.6 Å². The highest BCUT2D eigenvalue weighted by molar-refractivity contribution is 6.42. The van der Waals surface area contributed by atoms with Crippen molar-refractivity contribution in [1.29, 1.82) is 0 Å². The summed E-state index contributed by atoms with van der Waals surface area (Å²) in [6, 6.07) is 8.69. The lowest BCUT2D eigenvalue weighted by atomic mass is 10.1. The summed E-state index contributed by atoms with van der Waals surface area (Å²) >= 11 is 11.7. The summed E-state index contributed by atoms with van der Waals surface area (Å²) in [4.78, 5) is 12.4. The van der Waals surface area contributed by atoms with E-state index in [0.717, 1.165) is 12.1 Å². The van der Waals surface area contributed by atoms with Gasteiger partial charge < -0.3 is 10.1 Å². The Morgan fingerprint density at radius 1 is 1.00 bits per heavy atom. The minimum absolute atomic E-state index is 0.226. The number of carbonyl (C=O) groups excluding carboxylic acids is 1. The molecule has 3 nitrogen and oxygen atoms in total. The predicted molar refractivity (Wildman–Crippen MR) is 91.2 cm³/mol. The van der Waals surface area contributed by atoms with Crippen LogP contribution in [0, 0.1) is 0 Å². The van der Waals surface area contributed by atoms with Crippen LogP contribution in [0.2, 0.25) is 10.0 Å². The summed E-state index contributed by atoms with van der Waals surface area (Å²) in [5.41, 5.74) is -1.86. The van der Waals surface area contributed by atoms with E-state index in [1.807, 2.05) is 0 Å². The van der Waals surface area contributed by atoms with Crippen LogP contribution in [0.25, 0.3) is 0 Å². The van der Waals surface area contributed by atoms with Gasteiger partial charge in [0.25, 0.3) is 5.91 Å². The second-order valence-corrected chi connectivity index (χ2v) is 6.53. The molecule has 8 heteroatoms. The molecule has 0 saturated carbocycles. The number of ether oxygens (including phenoxy) is 1. The molecule has 0 spiro atoms. The Balaban J connectivity index is 2.09. The van der Waals surface area contributed by atoms with Crippen molar-refractivity contribution >= 4 is 34.8 Å². The van der Waals surface area contributed by atoms with Gasteiger partial charge in [-0.15, -0.1) is 0 Å². The van der Waals surface area contributed by atoms with Crippen molar-refractivity contribution in [3.8, 4) is 5.75 Å². The number of benzene rings is 2. The molecule has 1 amide bonds. The molecule has 0 radical (unpaired) electrons. The van der Waals surface area contributed by atoms with Crippen LogP contribution < -0.4 is 10.1 Å². The largest absolute Gasteiger partial charge is 0.478 e. The molecule has 0 aliphatic heterocycles. The molecule has 2 aromatic carbocycles. The van der Waals surface area contributed by atoms with Crippen molar-refractivity contribution in [2.24, 2.45) is 0 Å². The molecule has 2 aromatic rings. The number of alkyl halides is 3. The first-order valence-corrected chi connectivity index (χ1v) is 7.87. The summed E-state index contributed by atoms with van der Waals surface area (Å²) in [6.45, 7) is 3.05. The van der Waals surface area contributed by atoms with E-state index in [1.165, 1.54) is 38.1 Å². The van der Waals surface area contributed by atoms with Crippen LogP contribution in [-0.2, 0) is 11.0 Å². The van der Waals surface area contributed by atoms with Crippen molar-refractivity contribution < 1.29 is 22.7 Å². The third-order valence-electron chi connectivity index (χ3n) is 3.28. The Morgan fingerprint density at radius 2 is 1.60 bits per heavy atom. The summed E-state index contributed by atoms with van der Waals surface area (Å²) in [6.07, 6.45) is -4.43. The number of amides is 1. The molecule has 0 heterocycles. The van der Waals surface area contributed by atoms with Crippen LogP contribution in [0.15, 0.2) is 42.5 Å². The number of rotatable bonds is 4. The van der Waals surface area contributed by atoms with Crippen molar-refractivity contribution in [3.05, 3.63) is 58.1 Å². The average molecular weight is 392 g/mol. The Hall–Kier alpha value is -1.92. The van der Waals surface area contributed by atoms with Gasteiger partial charge in [-0.3, -0.25) is 4.79 Å². The fourth-order valence-electron chi connectivity index (χ4n) is 1.91. The maximum Gasteiger partial charge on any atom is 0.416 e. The maximum atomic E-state index is 12.5. The molecule has 25 heavy (non-hydrogen) atoms. The van der Waals surface area contributed by atoms with E-state index in [9.17, 15) is 18.0 Å². The zero-order valence-electron chi connectivity index (χ0n) is 13.2. The quantitative estimate of drug-likeness (QED) is 0.713. The molecule has 0 unspecified atom stereocenters. The summed E-state index contributed by atoms with van der Waals surface area (Å²) in [7, 11) is 0. The third-order valence-corrected chi connectivity index (χ3v) is 4.02. The number of nitrogens with one attached hydrogen (secondary N) is 1. The van der Waals surface area contributed by atoms with Crippen LogP contribution in [0.5, 0.6) is 5.75 Å². The van der Waals surface area contributed by atoms with Crippen LogP contribution in [0.3, 0.4) is 0 Å². The molecular weight excluding hydrogens is 378 g/mol. The number of hydrogen-bond donors (Lipinski definition) is 1. The van der Waals surface area contributed by atoms with E-state index in [-0.39, 0.29) is 10.7 Å². The van der Waals surface area contributed by atoms with Crippen LogP contribution >= 0.6 is 23.2 Å². The smallest absolute Gasteiger partial charge is 0.416 e. The molecule has 2 rings (SSSR count). The molecule has 0 atom stereocenters. The van der Waals surface area contributed by atoms with Gasteiger partial charge in [0.1, 0.15) is 5.75 Å². The molecule has 0 bridgehead atoms. The molecule has 0 aliphatic carbocycles. The molecule has 1 N–H and O–H groups in total. The summed E-state index contributed by atoms with van der Waals surface area (Å²) < 4.78 is 43.3. The summed E-state index contributed by atoms with van der Waals surface area (Å²) in [5.74, 6) is -0.194. The first kappa shape index (κ1) is 19.4. The van der Waals surface area contributed by atoms with Gasteiger partial charge in [-0.2, -0.15) is 13.2 Å². The highest BCUT2D eigenvalue weighted by atomic mass is 35.5. The zero-order chi connectivity index (χ0) is 18.8. The first-order chi connectivity index (χ1) is 11.5. The number of halogens is 5. The lowest BCUT2D eigenvalue weighted by Crippen LogP contribution is -2.42. The maximum absolute atomic E-state index is 12.5. The second-order valence-electron chi connectivity index (χ2n) is 5.72. The van der Waals surface area contributed by atoms with Crippen molar-refractivity contribution in [3.63, 3.8) is 0 Å². The van der Waals surface area contributed by atoms with Crippen molar-refractivity contribution in [1.82, 2.24) is 0 Å². The van der Waals surface area contributed by atoms with Gasteiger partial charge in [-0.25, -0.2) is 0 Å². The Labute approximate surface area is 152 Å². The SMILES string of the molecule is CC(C)(Oc1ccc(Cl)c(Cl)c1)C(=O)Nc1ccc(C(F)(F)F)cc1. The Kier molecular flexibility index (Phi) is 5.54. The van der Waals surface area contributed by atoms with Gasteiger partial charge in [0.05, 0.1) is 15.6 Å². The van der Waals surface area contributed by atoms with Gasteiger partial charge in [0.15, 0.2) is 5.60 Å². The lowest BCUT2D eigenvalue weighted by Gasteiger charge is -2.25. The van der Waals surface area contributed by atoms with E-state index in [1.54, 1.807) is 6.07 Å². The molecule has 0 aliphatic rings. The van der Waals surface area contributed by atoms with E-state index < -0.39 is 23.2 Å². The Morgan fingerprint density at radius 3 is 2.12 bits per heavy atom. The van der Waals surface area contributed by atoms with Gasteiger partial charge in [0.2, 0.25) is 0 Å². The molecule has 0 fully saturated rings. The van der Waals surface area contributed by atoms with E-state index >= 15 is 0 Å². The van der Waals surface area contributed by atoms with Gasteiger partial charge in [-0.05, 0) is 50.2 Å². The normalized spacial score (nSPS) is 12.0. The van der Waals surface area contributed by atoms with E-state index in [2.05, 4.69) is 5.32 Å². The van der Waals surface area contributed by atoms with Crippen LogP contribution in [0.4, 0.5) is 18.9 Å². The fraction of sp³-hybridized carbons (Fsp3) is 0.235. The van der Waals surface area contributed by atoms with Gasteiger partial charge >= 0.3 is 6.18 Å². The zero-order valence-corrected chi connectivity index (χ0v) is 14.8. The molecule has 0 aromatic heterocycles. The van der Waals surface area contributed by atoms with Gasteiger partial charge in [-0.1, -0.05) is 23.2 Å². The second kappa shape index (κ2) is 7.14.